The Labute approximate surface area is 122 Å². The Morgan fingerprint density at radius 3 is 2.73 bits per heavy atom. The first-order valence-electron chi connectivity index (χ1n) is 6.57. The largest absolute Gasteiger partial charge is 0.382 e. The molecule has 0 saturated heterocycles. The lowest BCUT2D eigenvalue weighted by Crippen LogP contribution is -2.32. The summed E-state index contributed by atoms with van der Waals surface area (Å²) >= 11 is 0. The number of aliphatic hydroxyl groups is 1. The summed E-state index contributed by atoms with van der Waals surface area (Å²) in [4.78, 5) is 0. The molecule has 1 atom stereocenters. The summed E-state index contributed by atoms with van der Waals surface area (Å²) in [5.74, 6) is -4.28. The summed E-state index contributed by atoms with van der Waals surface area (Å²) in [5, 5.41) is 9.66. The van der Waals surface area contributed by atoms with Gasteiger partial charge in [-0.3, -0.25) is 0 Å². The van der Waals surface area contributed by atoms with Gasteiger partial charge < -0.3 is 9.67 Å². The van der Waals surface area contributed by atoms with E-state index in [1.165, 1.54) is 16.8 Å². The van der Waals surface area contributed by atoms with Crippen molar-refractivity contribution in [1.29, 1.82) is 0 Å². The molecule has 1 aromatic heterocycles. The molecule has 0 spiro atoms. The highest BCUT2D eigenvalue weighted by molar-refractivity contribution is 5.43. The van der Waals surface area contributed by atoms with Gasteiger partial charge in [-0.15, -0.1) is 0 Å². The normalized spacial score (nSPS) is 20.2. The van der Waals surface area contributed by atoms with Gasteiger partial charge >= 0.3 is 0 Å². The molecule has 3 rings (SSSR count). The van der Waals surface area contributed by atoms with Crippen LogP contribution in [0.3, 0.4) is 0 Å². The van der Waals surface area contributed by atoms with Crippen LogP contribution < -0.4 is 0 Å². The third-order valence-electron chi connectivity index (χ3n) is 3.81. The van der Waals surface area contributed by atoms with Crippen molar-refractivity contribution >= 4 is 0 Å². The fraction of sp³-hybridized carbons (Fsp3) is 0.333. The van der Waals surface area contributed by atoms with Crippen molar-refractivity contribution in [2.24, 2.45) is 0 Å². The van der Waals surface area contributed by atoms with Crippen LogP contribution in [0.25, 0.3) is 5.69 Å². The second-order valence-corrected chi connectivity index (χ2v) is 5.17. The molecule has 2 nitrogen and oxygen atoms in total. The first-order valence-corrected chi connectivity index (χ1v) is 6.57. The van der Waals surface area contributed by atoms with Crippen LogP contribution in [0.4, 0.5) is 22.0 Å². The van der Waals surface area contributed by atoms with Gasteiger partial charge in [0.15, 0.2) is 0 Å². The summed E-state index contributed by atoms with van der Waals surface area (Å²) in [7, 11) is 0. The van der Waals surface area contributed by atoms with E-state index in [-0.39, 0.29) is 17.7 Å². The SMILES string of the molecule is O[C@H]1c2[c]cn(-c3ccc(F)c(C(F)F)c3)c2CCC1(F)F. The zero-order valence-electron chi connectivity index (χ0n) is 11.2. The van der Waals surface area contributed by atoms with Crippen molar-refractivity contribution in [3.8, 4) is 5.69 Å². The molecule has 1 aliphatic rings. The second kappa shape index (κ2) is 5.08. The van der Waals surface area contributed by atoms with Crippen LogP contribution in [0.1, 0.15) is 35.8 Å². The number of hydrogen-bond donors (Lipinski definition) is 1. The van der Waals surface area contributed by atoms with Crippen LogP contribution in [0.15, 0.2) is 24.4 Å². The molecule has 22 heavy (non-hydrogen) atoms. The lowest BCUT2D eigenvalue weighted by Gasteiger charge is -2.28. The third kappa shape index (κ3) is 2.29. The van der Waals surface area contributed by atoms with Crippen LogP contribution in [0, 0.1) is 11.9 Å². The molecule has 0 fully saturated rings. The Balaban J connectivity index is 2.07. The highest BCUT2D eigenvalue weighted by Crippen LogP contribution is 2.42. The van der Waals surface area contributed by atoms with Crippen LogP contribution in [-0.2, 0) is 6.42 Å². The van der Waals surface area contributed by atoms with Gasteiger partial charge in [0.05, 0.1) is 5.56 Å². The fourth-order valence-electron chi connectivity index (χ4n) is 2.63. The Kier molecular flexibility index (Phi) is 3.47. The third-order valence-corrected chi connectivity index (χ3v) is 3.81. The van der Waals surface area contributed by atoms with Crippen molar-refractivity contribution < 1.29 is 27.1 Å². The van der Waals surface area contributed by atoms with E-state index in [4.69, 9.17) is 0 Å². The Bertz CT molecular complexity index is 710. The van der Waals surface area contributed by atoms with Crippen LogP contribution in [0.2, 0.25) is 0 Å². The average molecular weight is 316 g/mol. The minimum atomic E-state index is -3.24. The maximum atomic E-state index is 13.5. The number of aliphatic hydroxyl groups excluding tert-OH is 1. The zero-order valence-corrected chi connectivity index (χ0v) is 11.2. The lowest BCUT2D eigenvalue weighted by molar-refractivity contribution is -0.122. The van der Waals surface area contributed by atoms with E-state index < -0.39 is 36.3 Å². The van der Waals surface area contributed by atoms with E-state index in [2.05, 4.69) is 6.07 Å². The molecule has 7 heteroatoms. The Morgan fingerprint density at radius 1 is 1.32 bits per heavy atom. The molecule has 1 heterocycles. The van der Waals surface area contributed by atoms with E-state index in [0.29, 0.717) is 5.69 Å². The van der Waals surface area contributed by atoms with Gasteiger partial charge in [-0.05, 0) is 24.6 Å². The standard InChI is InChI=1S/C15H11F5NO/c16-11-2-1-8(7-10(11)14(17)18)21-6-4-9-12(21)3-5-15(19,20)13(9)22/h1-2,6-7,13-14,22H,3,5H2/t13-/m0/s1. The van der Waals surface area contributed by atoms with Crippen LogP contribution in [0.5, 0.6) is 0 Å². The first-order chi connectivity index (χ1) is 10.3. The average Bonchev–Trinajstić information content (AvgIpc) is 2.88. The van der Waals surface area contributed by atoms with Crippen LogP contribution in [-0.4, -0.2) is 15.6 Å². The minimum Gasteiger partial charge on any atom is -0.382 e. The van der Waals surface area contributed by atoms with Gasteiger partial charge in [-0.1, -0.05) is 0 Å². The molecule has 117 valence electrons. The van der Waals surface area contributed by atoms with E-state index >= 15 is 0 Å². The summed E-state index contributed by atoms with van der Waals surface area (Å²) in [6, 6.07) is 5.68. The molecular formula is C15H11F5NO. The maximum Gasteiger partial charge on any atom is 0.278 e. The Hall–Kier alpha value is -1.89. The van der Waals surface area contributed by atoms with E-state index in [9.17, 15) is 27.1 Å². The molecule has 0 saturated carbocycles. The number of fused-ring (bicyclic) bond motifs is 1. The predicted molar refractivity (Wildman–Crippen MR) is 67.7 cm³/mol. The Morgan fingerprint density at radius 2 is 2.05 bits per heavy atom. The maximum absolute atomic E-state index is 13.5. The number of aromatic nitrogens is 1. The number of halogens is 5. The molecule has 0 bridgehead atoms. The first kappa shape index (κ1) is 15.0. The topological polar surface area (TPSA) is 25.2 Å². The van der Waals surface area contributed by atoms with Gasteiger partial charge in [-0.2, -0.15) is 0 Å². The van der Waals surface area contributed by atoms with Crippen molar-refractivity contribution in [3.05, 3.63) is 53.1 Å². The van der Waals surface area contributed by atoms with Crippen LogP contribution >= 0.6 is 0 Å². The molecule has 0 aliphatic heterocycles. The highest BCUT2D eigenvalue weighted by Gasteiger charge is 2.44. The van der Waals surface area contributed by atoms with E-state index in [0.717, 1.165) is 12.1 Å². The van der Waals surface area contributed by atoms with Gasteiger partial charge in [0.1, 0.15) is 11.9 Å². The monoisotopic (exact) mass is 316 g/mol. The second-order valence-electron chi connectivity index (χ2n) is 5.17. The number of rotatable bonds is 2. The predicted octanol–water partition coefficient (Wildman–Crippen LogP) is 3.97. The number of alkyl halides is 4. The van der Waals surface area contributed by atoms with E-state index in [1.807, 2.05) is 0 Å². The van der Waals surface area contributed by atoms with Gasteiger partial charge in [0.25, 0.3) is 12.3 Å². The minimum absolute atomic E-state index is 0.0374. The van der Waals surface area contributed by atoms with Crippen molar-refractivity contribution in [2.75, 3.05) is 0 Å². The summed E-state index contributed by atoms with van der Waals surface area (Å²) < 4.78 is 67.2. The van der Waals surface area contributed by atoms with Crippen molar-refractivity contribution in [3.63, 3.8) is 0 Å². The number of hydrogen-bond acceptors (Lipinski definition) is 1. The molecule has 0 amide bonds. The van der Waals surface area contributed by atoms with Crippen molar-refractivity contribution in [1.82, 2.24) is 4.57 Å². The highest BCUT2D eigenvalue weighted by atomic mass is 19.3. The summed E-state index contributed by atoms with van der Waals surface area (Å²) in [6.07, 6.45) is -4.26. The molecule has 1 aromatic carbocycles. The lowest BCUT2D eigenvalue weighted by atomic mass is 9.91. The number of nitrogens with zero attached hydrogens (tertiary/aromatic N) is 1. The van der Waals surface area contributed by atoms with Gasteiger partial charge in [0.2, 0.25) is 0 Å². The van der Waals surface area contributed by atoms with Crippen molar-refractivity contribution in [2.45, 2.75) is 31.3 Å². The van der Waals surface area contributed by atoms with Gasteiger partial charge in [0, 0.05) is 35.6 Å². The molecule has 1 aliphatic carbocycles. The summed E-state index contributed by atoms with van der Waals surface area (Å²) in [5.41, 5.74) is -0.238. The zero-order chi connectivity index (χ0) is 16.1. The number of benzene rings is 1. The quantitative estimate of drug-likeness (QED) is 0.833. The molecule has 1 radical (unpaired) electrons. The molecule has 2 aromatic rings. The summed E-state index contributed by atoms with van der Waals surface area (Å²) in [6.45, 7) is 0. The fourth-order valence-corrected chi connectivity index (χ4v) is 2.63. The molecule has 1 N–H and O–H groups in total. The molecule has 0 unspecified atom stereocenters. The smallest absolute Gasteiger partial charge is 0.278 e. The molecular weight excluding hydrogens is 305 g/mol. The van der Waals surface area contributed by atoms with E-state index in [1.54, 1.807) is 0 Å². The van der Waals surface area contributed by atoms with Gasteiger partial charge in [-0.25, -0.2) is 22.0 Å².